The van der Waals surface area contributed by atoms with Gasteiger partial charge in [0.2, 0.25) is 0 Å². The summed E-state index contributed by atoms with van der Waals surface area (Å²) in [4.78, 5) is 4.14. The second-order valence-electron chi connectivity index (χ2n) is 4.58. The number of benzene rings is 1. The number of hydrogen-bond donors (Lipinski definition) is 1. The Labute approximate surface area is 112 Å². The van der Waals surface area contributed by atoms with Crippen molar-refractivity contribution in [3.8, 4) is 0 Å². The smallest absolute Gasteiger partial charge is 0.125 e. The number of rotatable bonds is 3. The molecule has 1 aromatic carbocycles. The highest BCUT2D eigenvalue weighted by Gasteiger charge is 2.15. The minimum absolute atomic E-state index is 0.244. The first-order chi connectivity index (χ1) is 9.29. The van der Waals surface area contributed by atoms with Crippen molar-refractivity contribution in [2.75, 3.05) is 0 Å². The maximum Gasteiger partial charge on any atom is 0.125 e. The third-order valence-corrected chi connectivity index (χ3v) is 3.39. The van der Waals surface area contributed by atoms with Crippen LogP contribution < -0.4 is 5.73 Å². The monoisotopic (exact) mass is 252 g/mol. The molecule has 0 fully saturated rings. The molecule has 2 heterocycles. The molecule has 1 unspecified atom stereocenters. The normalized spacial score (nSPS) is 12.7. The molecule has 0 bridgehead atoms. The number of hydrogen-bond acceptors (Lipinski definition) is 3. The Balaban J connectivity index is 2.08. The number of pyridine rings is 1. The molecule has 3 aromatic rings. The lowest BCUT2D eigenvalue weighted by Gasteiger charge is -2.12. The molecule has 0 aliphatic rings. The van der Waals surface area contributed by atoms with Crippen molar-refractivity contribution in [2.45, 2.75) is 19.4 Å². The lowest BCUT2D eigenvalue weighted by Crippen LogP contribution is -2.11. The van der Waals surface area contributed by atoms with Gasteiger partial charge in [0.15, 0.2) is 0 Å². The zero-order valence-corrected chi connectivity index (χ0v) is 10.8. The van der Waals surface area contributed by atoms with Crippen LogP contribution in [0.2, 0.25) is 0 Å². The third-order valence-electron chi connectivity index (χ3n) is 3.39. The van der Waals surface area contributed by atoms with Gasteiger partial charge in [0.25, 0.3) is 0 Å². The van der Waals surface area contributed by atoms with E-state index >= 15 is 0 Å². The minimum Gasteiger partial charge on any atom is -0.464 e. The summed E-state index contributed by atoms with van der Waals surface area (Å²) in [5.74, 6) is 1.77. The van der Waals surface area contributed by atoms with Crippen LogP contribution >= 0.6 is 0 Å². The average Bonchev–Trinajstić information content (AvgIpc) is 2.95. The van der Waals surface area contributed by atoms with Gasteiger partial charge in [-0.3, -0.25) is 4.98 Å². The van der Waals surface area contributed by atoms with Crippen LogP contribution in [0.5, 0.6) is 0 Å². The molecule has 3 rings (SSSR count). The Morgan fingerprint density at radius 2 is 2.11 bits per heavy atom. The van der Waals surface area contributed by atoms with Gasteiger partial charge in [0.1, 0.15) is 11.5 Å². The standard InChI is InChI=1S/C16H16N2O/c1-2-12-6-7-15(19-12)16(17)14-5-3-4-11-10-18-9-8-13(11)14/h3-10,16H,2,17H2,1H3. The van der Waals surface area contributed by atoms with Crippen molar-refractivity contribution in [2.24, 2.45) is 5.73 Å². The van der Waals surface area contributed by atoms with Crippen LogP contribution in [0, 0.1) is 0 Å². The van der Waals surface area contributed by atoms with Gasteiger partial charge >= 0.3 is 0 Å². The van der Waals surface area contributed by atoms with E-state index in [-0.39, 0.29) is 6.04 Å². The fourth-order valence-corrected chi connectivity index (χ4v) is 2.32. The molecule has 0 spiro atoms. The van der Waals surface area contributed by atoms with E-state index in [0.29, 0.717) is 0 Å². The lowest BCUT2D eigenvalue weighted by atomic mass is 9.99. The van der Waals surface area contributed by atoms with E-state index in [1.165, 1.54) is 0 Å². The summed E-state index contributed by atoms with van der Waals surface area (Å²) in [6.45, 7) is 2.07. The van der Waals surface area contributed by atoms with E-state index in [1.54, 1.807) is 6.20 Å². The van der Waals surface area contributed by atoms with Crippen molar-refractivity contribution in [1.29, 1.82) is 0 Å². The highest BCUT2D eigenvalue weighted by Crippen LogP contribution is 2.27. The van der Waals surface area contributed by atoms with Crippen LogP contribution in [-0.4, -0.2) is 4.98 Å². The lowest BCUT2D eigenvalue weighted by molar-refractivity contribution is 0.454. The first kappa shape index (κ1) is 11.9. The van der Waals surface area contributed by atoms with Gasteiger partial charge in [0, 0.05) is 24.2 Å². The SMILES string of the molecule is CCc1ccc(C(N)c2cccc3cnccc23)o1. The van der Waals surface area contributed by atoms with Crippen LogP contribution in [0.4, 0.5) is 0 Å². The molecule has 0 radical (unpaired) electrons. The van der Waals surface area contributed by atoms with Gasteiger partial charge in [-0.05, 0) is 29.1 Å². The molecule has 0 amide bonds. The average molecular weight is 252 g/mol. The third kappa shape index (κ3) is 2.13. The van der Waals surface area contributed by atoms with E-state index in [0.717, 1.165) is 34.3 Å². The van der Waals surface area contributed by atoms with Crippen LogP contribution in [0.25, 0.3) is 10.8 Å². The number of nitrogens with two attached hydrogens (primary N) is 1. The first-order valence-electron chi connectivity index (χ1n) is 6.46. The minimum atomic E-state index is -0.244. The molecule has 96 valence electrons. The largest absolute Gasteiger partial charge is 0.464 e. The summed E-state index contributed by atoms with van der Waals surface area (Å²) in [7, 11) is 0. The molecule has 0 saturated carbocycles. The summed E-state index contributed by atoms with van der Waals surface area (Å²) in [6, 6.07) is 11.8. The number of furan rings is 1. The predicted octanol–water partition coefficient (Wildman–Crippen LogP) is 3.44. The first-order valence-corrected chi connectivity index (χ1v) is 6.46. The van der Waals surface area contributed by atoms with Gasteiger partial charge in [-0.2, -0.15) is 0 Å². The van der Waals surface area contributed by atoms with E-state index in [2.05, 4.69) is 11.9 Å². The van der Waals surface area contributed by atoms with E-state index in [1.807, 2.05) is 42.6 Å². The van der Waals surface area contributed by atoms with Crippen molar-refractivity contribution >= 4 is 10.8 Å². The molecule has 0 aliphatic carbocycles. The van der Waals surface area contributed by atoms with Crippen LogP contribution in [0.1, 0.15) is 30.0 Å². The molecule has 2 N–H and O–H groups in total. The van der Waals surface area contributed by atoms with Crippen LogP contribution in [0.15, 0.2) is 53.2 Å². The molecule has 2 aromatic heterocycles. The fraction of sp³-hybridized carbons (Fsp3) is 0.188. The second kappa shape index (κ2) is 4.86. The highest BCUT2D eigenvalue weighted by atomic mass is 16.3. The molecule has 1 atom stereocenters. The zero-order chi connectivity index (χ0) is 13.2. The van der Waals surface area contributed by atoms with Crippen LogP contribution in [-0.2, 0) is 6.42 Å². The topological polar surface area (TPSA) is 52.0 Å². The van der Waals surface area contributed by atoms with Crippen molar-refractivity contribution < 1.29 is 4.42 Å². The summed E-state index contributed by atoms with van der Waals surface area (Å²) >= 11 is 0. The molecule has 3 nitrogen and oxygen atoms in total. The summed E-state index contributed by atoms with van der Waals surface area (Å²) in [6.07, 6.45) is 4.52. The van der Waals surface area contributed by atoms with Crippen molar-refractivity contribution in [3.63, 3.8) is 0 Å². The van der Waals surface area contributed by atoms with E-state index in [4.69, 9.17) is 10.2 Å². The molecular formula is C16H16N2O. The van der Waals surface area contributed by atoms with Crippen molar-refractivity contribution in [1.82, 2.24) is 4.98 Å². The Kier molecular flexibility index (Phi) is 3.05. The number of nitrogens with zero attached hydrogens (tertiary/aromatic N) is 1. The fourth-order valence-electron chi connectivity index (χ4n) is 2.32. The molecule has 3 heteroatoms. The van der Waals surface area contributed by atoms with E-state index < -0.39 is 0 Å². The second-order valence-corrected chi connectivity index (χ2v) is 4.58. The Morgan fingerprint density at radius 1 is 1.21 bits per heavy atom. The number of aryl methyl sites for hydroxylation is 1. The van der Waals surface area contributed by atoms with Gasteiger partial charge in [-0.25, -0.2) is 0 Å². The Bertz CT molecular complexity index is 697. The van der Waals surface area contributed by atoms with Gasteiger partial charge < -0.3 is 10.2 Å². The Morgan fingerprint density at radius 3 is 2.89 bits per heavy atom. The number of aromatic nitrogens is 1. The maximum absolute atomic E-state index is 6.34. The molecule has 19 heavy (non-hydrogen) atoms. The quantitative estimate of drug-likeness (QED) is 0.776. The van der Waals surface area contributed by atoms with Gasteiger partial charge in [0.05, 0.1) is 6.04 Å². The van der Waals surface area contributed by atoms with Crippen molar-refractivity contribution in [3.05, 3.63) is 65.9 Å². The molecule has 0 saturated heterocycles. The highest BCUT2D eigenvalue weighted by molar-refractivity contribution is 5.85. The predicted molar refractivity (Wildman–Crippen MR) is 75.9 cm³/mol. The Hall–Kier alpha value is -2.13. The molecular weight excluding hydrogens is 236 g/mol. The van der Waals surface area contributed by atoms with E-state index in [9.17, 15) is 0 Å². The molecule has 0 aliphatic heterocycles. The summed E-state index contributed by atoms with van der Waals surface area (Å²) in [5, 5.41) is 2.22. The van der Waals surface area contributed by atoms with Crippen LogP contribution in [0.3, 0.4) is 0 Å². The zero-order valence-electron chi connectivity index (χ0n) is 10.8. The van der Waals surface area contributed by atoms with Gasteiger partial charge in [-0.15, -0.1) is 0 Å². The van der Waals surface area contributed by atoms with Gasteiger partial charge in [-0.1, -0.05) is 25.1 Å². The summed E-state index contributed by atoms with van der Waals surface area (Å²) in [5.41, 5.74) is 7.40. The summed E-state index contributed by atoms with van der Waals surface area (Å²) < 4.78 is 5.76. The maximum atomic E-state index is 6.34. The number of fused-ring (bicyclic) bond motifs is 1.